The van der Waals surface area contributed by atoms with Crippen molar-refractivity contribution in [2.75, 3.05) is 0 Å². The number of hydrogen-bond donors (Lipinski definition) is 0. The van der Waals surface area contributed by atoms with Crippen molar-refractivity contribution in [3.8, 4) is 22.5 Å². The SMILES string of the molecule is Cc1cc(-n2c3ccccc3c3ccc(-c4cc5c(cc4-n4c6ccccc6c6ccccc64)oc4ccccc45)cc32)c2cccnc2n1. The monoisotopic (exact) mass is 640 g/mol. The molecule has 0 saturated carbocycles. The van der Waals surface area contributed by atoms with Crippen molar-refractivity contribution in [2.45, 2.75) is 6.92 Å². The summed E-state index contributed by atoms with van der Waals surface area (Å²) in [5.74, 6) is 0. The third-order valence-corrected chi connectivity index (χ3v) is 10.2. The van der Waals surface area contributed by atoms with E-state index in [-0.39, 0.29) is 0 Å². The van der Waals surface area contributed by atoms with Crippen LogP contribution in [0.2, 0.25) is 0 Å². The molecule has 6 aromatic carbocycles. The van der Waals surface area contributed by atoms with Crippen molar-refractivity contribution in [3.63, 3.8) is 0 Å². The Morgan fingerprint density at radius 2 is 1.06 bits per heavy atom. The molecule has 0 atom stereocenters. The lowest BCUT2D eigenvalue weighted by Gasteiger charge is -2.16. The van der Waals surface area contributed by atoms with Crippen molar-refractivity contribution in [1.29, 1.82) is 0 Å². The molecular formula is C45H28N4O. The normalized spacial score (nSPS) is 12.1. The molecule has 0 saturated heterocycles. The standard InChI is InChI=1S/C45H28N4O/c1-27-23-40(34-15-10-22-46-45(34)47-27)49-39-18-8-4-13-31(39)32-21-20-28(24-41(32)49)35-25-36-33-14-5-9-19-43(33)50-44(36)26-42(35)48-37-16-6-2-11-29(37)30-12-3-7-17-38(30)48/h2-26H,1H3. The molecule has 50 heavy (non-hydrogen) atoms. The van der Waals surface area contributed by atoms with Gasteiger partial charge in [-0.3, -0.25) is 0 Å². The van der Waals surface area contributed by atoms with E-state index >= 15 is 0 Å². The lowest BCUT2D eigenvalue weighted by Crippen LogP contribution is -2.00. The highest BCUT2D eigenvalue weighted by molar-refractivity contribution is 6.14. The van der Waals surface area contributed by atoms with Gasteiger partial charge in [0.2, 0.25) is 0 Å². The van der Waals surface area contributed by atoms with Gasteiger partial charge in [0.15, 0.2) is 5.65 Å². The van der Waals surface area contributed by atoms with Crippen LogP contribution in [0, 0.1) is 6.92 Å². The van der Waals surface area contributed by atoms with Gasteiger partial charge in [-0.25, -0.2) is 9.97 Å². The van der Waals surface area contributed by atoms with Gasteiger partial charge in [0.05, 0.1) is 33.4 Å². The van der Waals surface area contributed by atoms with E-state index in [0.29, 0.717) is 0 Å². The van der Waals surface area contributed by atoms with E-state index in [9.17, 15) is 0 Å². The molecule has 0 spiro atoms. The Hall–Kier alpha value is -6.72. The van der Waals surface area contributed by atoms with Gasteiger partial charge >= 0.3 is 0 Å². The fourth-order valence-electron chi connectivity index (χ4n) is 8.10. The van der Waals surface area contributed by atoms with Crippen LogP contribution in [-0.2, 0) is 0 Å². The molecule has 0 radical (unpaired) electrons. The number of para-hydroxylation sites is 4. The summed E-state index contributed by atoms with van der Waals surface area (Å²) in [5, 5.41) is 8.08. The second-order valence-electron chi connectivity index (χ2n) is 13.1. The second kappa shape index (κ2) is 10.1. The number of aromatic nitrogens is 4. The van der Waals surface area contributed by atoms with E-state index in [1.165, 1.54) is 21.5 Å². The number of fused-ring (bicyclic) bond motifs is 10. The minimum atomic E-state index is 0.746. The number of nitrogens with zero attached hydrogens (tertiary/aromatic N) is 4. The van der Waals surface area contributed by atoms with E-state index in [1.54, 1.807) is 0 Å². The van der Waals surface area contributed by atoms with Gasteiger partial charge in [0.1, 0.15) is 11.2 Å². The Bertz CT molecular complexity index is 3120. The maximum atomic E-state index is 6.52. The predicted molar refractivity (Wildman–Crippen MR) is 206 cm³/mol. The van der Waals surface area contributed by atoms with Crippen LogP contribution < -0.4 is 0 Å². The minimum absolute atomic E-state index is 0.746. The number of benzene rings is 6. The largest absolute Gasteiger partial charge is 0.456 e. The van der Waals surface area contributed by atoms with E-state index in [1.807, 2.05) is 25.3 Å². The molecule has 234 valence electrons. The molecule has 0 unspecified atom stereocenters. The quantitative estimate of drug-likeness (QED) is 0.193. The Labute approximate surface area is 286 Å². The molecule has 0 aliphatic heterocycles. The maximum Gasteiger partial charge on any atom is 0.161 e. The maximum absolute atomic E-state index is 6.52. The minimum Gasteiger partial charge on any atom is -0.456 e. The summed E-state index contributed by atoms with van der Waals surface area (Å²) in [4.78, 5) is 9.41. The Kier molecular flexibility index (Phi) is 5.53. The summed E-state index contributed by atoms with van der Waals surface area (Å²) in [6.45, 7) is 2.04. The van der Waals surface area contributed by atoms with Gasteiger partial charge in [-0.05, 0) is 67.1 Å². The molecule has 11 aromatic rings. The summed E-state index contributed by atoms with van der Waals surface area (Å²) < 4.78 is 11.3. The summed E-state index contributed by atoms with van der Waals surface area (Å²) in [6.07, 6.45) is 1.81. The first-order valence-corrected chi connectivity index (χ1v) is 16.9. The molecule has 0 aliphatic rings. The van der Waals surface area contributed by atoms with Crippen molar-refractivity contribution < 1.29 is 4.42 Å². The van der Waals surface area contributed by atoms with Crippen LogP contribution in [0.25, 0.3) is 99.1 Å². The highest BCUT2D eigenvalue weighted by Crippen LogP contribution is 2.43. The third kappa shape index (κ3) is 3.77. The van der Waals surface area contributed by atoms with Gasteiger partial charge in [-0.1, -0.05) is 84.9 Å². The summed E-state index contributed by atoms with van der Waals surface area (Å²) in [6, 6.07) is 52.1. The van der Waals surface area contributed by atoms with Gasteiger partial charge in [-0.15, -0.1) is 0 Å². The molecule has 5 aromatic heterocycles. The van der Waals surface area contributed by atoms with Gasteiger partial charge in [-0.2, -0.15) is 0 Å². The first-order valence-electron chi connectivity index (χ1n) is 16.9. The smallest absolute Gasteiger partial charge is 0.161 e. The van der Waals surface area contributed by atoms with Crippen LogP contribution in [0.1, 0.15) is 5.69 Å². The molecule has 11 rings (SSSR count). The fraction of sp³-hybridized carbons (Fsp3) is 0.0222. The zero-order valence-corrected chi connectivity index (χ0v) is 27.1. The average Bonchev–Trinajstić information content (AvgIpc) is 3.81. The van der Waals surface area contributed by atoms with Crippen molar-refractivity contribution in [1.82, 2.24) is 19.1 Å². The highest BCUT2D eigenvalue weighted by atomic mass is 16.3. The Balaban J connectivity index is 1.28. The van der Waals surface area contributed by atoms with Crippen molar-refractivity contribution >= 4 is 76.6 Å². The van der Waals surface area contributed by atoms with Gasteiger partial charge < -0.3 is 13.6 Å². The number of rotatable bonds is 3. The lowest BCUT2D eigenvalue weighted by molar-refractivity contribution is 0.668. The van der Waals surface area contributed by atoms with E-state index in [4.69, 9.17) is 9.40 Å². The molecule has 0 bridgehead atoms. The lowest BCUT2D eigenvalue weighted by atomic mass is 9.98. The fourth-order valence-corrected chi connectivity index (χ4v) is 8.10. The van der Waals surface area contributed by atoms with E-state index in [0.717, 1.165) is 83.2 Å². The molecule has 5 heteroatoms. The third-order valence-electron chi connectivity index (χ3n) is 10.2. The molecule has 0 N–H and O–H groups in total. The summed E-state index contributed by atoms with van der Waals surface area (Å²) >= 11 is 0. The molecular weight excluding hydrogens is 613 g/mol. The molecule has 5 nitrogen and oxygen atoms in total. The van der Waals surface area contributed by atoms with Crippen molar-refractivity contribution in [2.24, 2.45) is 0 Å². The Morgan fingerprint density at radius 1 is 0.460 bits per heavy atom. The van der Waals surface area contributed by atoms with Crippen molar-refractivity contribution in [3.05, 3.63) is 157 Å². The molecule has 0 fully saturated rings. The topological polar surface area (TPSA) is 48.8 Å². The number of hydrogen-bond acceptors (Lipinski definition) is 3. The number of pyridine rings is 2. The average molecular weight is 641 g/mol. The van der Waals surface area contributed by atoms with Crippen LogP contribution in [0.3, 0.4) is 0 Å². The number of aryl methyl sites for hydroxylation is 1. The van der Waals surface area contributed by atoms with E-state index in [2.05, 4.69) is 148 Å². The Morgan fingerprint density at radius 3 is 1.78 bits per heavy atom. The van der Waals surface area contributed by atoms with Crippen LogP contribution in [-0.4, -0.2) is 19.1 Å². The first-order chi connectivity index (χ1) is 24.7. The van der Waals surface area contributed by atoms with Gasteiger partial charge in [0, 0.05) is 61.2 Å². The first kappa shape index (κ1) is 27.3. The summed E-state index contributed by atoms with van der Waals surface area (Å²) in [5.41, 5.74) is 12.4. The second-order valence-corrected chi connectivity index (χ2v) is 13.1. The molecule has 0 amide bonds. The highest BCUT2D eigenvalue weighted by Gasteiger charge is 2.21. The van der Waals surface area contributed by atoms with Crippen LogP contribution in [0.5, 0.6) is 0 Å². The van der Waals surface area contributed by atoms with E-state index < -0.39 is 0 Å². The zero-order chi connectivity index (χ0) is 32.9. The molecule has 5 heterocycles. The van der Waals surface area contributed by atoms with Gasteiger partial charge in [0.25, 0.3) is 0 Å². The van der Waals surface area contributed by atoms with Crippen LogP contribution in [0.4, 0.5) is 0 Å². The van der Waals surface area contributed by atoms with Crippen LogP contribution in [0.15, 0.2) is 156 Å². The predicted octanol–water partition coefficient (Wildman–Crippen LogP) is 11.7. The summed E-state index contributed by atoms with van der Waals surface area (Å²) in [7, 11) is 0. The van der Waals surface area contributed by atoms with Crippen LogP contribution >= 0.6 is 0 Å². The zero-order valence-electron chi connectivity index (χ0n) is 27.1. The number of furan rings is 1. The molecule has 0 aliphatic carbocycles.